The van der Waals surface area contributed by atoms with E-state index in [1.807, 2.05) is 0 Å². The molecule has 1 amide bonds. The Labute approximate surface area is 142 Å². The molecule has 0 aliphatic rings. The standard InChI is InChI=1S/C18H16F3NO3/c1-25-17(24)15(22-16(23)13-7-3-2-4-8-13)11-12-6-5-9-14(10-12)18(19,20)21/h2-10,15H,11H2,1H3,(H,22,23)/t15-/m0/s1. The second-order valence-corrected chi connectivity index (χ2v) is 5.32. The first-order chi connectivity index (χ1) is 11.8. The third-order valence-electron chi connectivity index (χ3n) is 3.52. The number of esters is 1. The summed E-state index contributed by atoms with van der Waals surface area (Å²) in [4.78, 5) is 24.1. The van der Waals surface area contributed by atoms with Crippen LogP contribution in [0.4, 0.5) is 13.2 Å². The zero-order valence-corrected chi connectivity index (χ0v) is 13.3. The van der Waals surface area contributed by atoms with Crippen LogP contribution in [0, 0.1) is 0 Å². The van der Waals surface area contributed by atoms with E-state index in [1.54, 1.807) is 30.3 Å². The molecule has 1 atom stereocenters. The fraction of sp³-hybridized carbons (Fsp3) is 0.222. The van der Waals surface area contributed by atoms with Crippen LogP contribution in [0.15, 0.2) is 54.6 Å². The molecule has 0 heterocycles. The van der Waals surface area contributed by atoms with Gasteiger partial charge in [-0.15, -0.1) is 0 Å². The summed E-state index contributed by atoms with van der Waals surface area (Å²) in [5.41, 5.74) is -0.220. The molecule has 132 valence electrons. The summed E-state index contributed by atoms with van der Waals surface area (Å²) < 4.78 is 43.0. The lowest BCUT2D eigenvalue weighted by molar-refractivity contribution is -0.142. The Bertz CT molecular complexity index is 745. The molecule has 0 bridgehead atoms. The van der Waals surface area contributed by atoms with Gasteiger partial charge in [-0.3, -0.25) is 4.79 Å². The molecule has 0 aromatic heterocycles. The summed E-state index contributed by atoms with van der Waals surface area (Å²) >= 11 is 0. The highest BCUT2D eigenvalue weighted by Gasteiger charge is 2.31. The molecule has 4 nitrogen and oxygen atoms in total. The number of halogens is 3. The van der Waals surface area contributed by atoms with E-state index in [0.717, 1.165) is 19.2 Å². The zero-order chi connectivity index (χ0) is 18.4. The minimum atomic E-state index is -4.48. The topological polar surface area (TPSA) is 55.4 Å². The van der Waals surface area contributed by atoms with E-state index in [4.69, 9.17) is 0 Å². The third-order valence-corrected chi connectivity index (χ3v) is 3.52. The van der Waals surface area contributed by atoms with Gasteiger partial charge in [0.1, 0.15) is 6.04 Å². The number of methoxy groups -OCH3 is 1. The molecule has 0 saturated carbocycles. The highest BCUT2D eigenvalue weighted by Crippen LogP contribution is 2.29. The minimum Gasteiger partial charge on any atom is -0.467 e. The smallest absolute Gasteiger partial charge is 0.416 e. The molecule has 0 spiro atoms. The van der Waals surface area contributed by atoms with Gasteiger partial charge in [-0.1, -0.05) is 36.4 Å². The highest BCUT2D eigenvalue weighted by molar-refractivity contribution is 5.96. The molecule has 7 heteroatoms. The Morgan fingerprint density at radius 3 is 2.36 bits per heavy atom. The van der Waals surface area contributed by atoms with Gasteiger partial charge in [0.25, 0.3) is 5.91 Å². The van der Waals surface area contributed by atoms with E-state index in [9.17, 15) is 22.8 Å². The van der Waals surface area contributed by atoms with E-state index in [2.05, 4.69) is 10.1 Å². The van der Waals surface area contributed by atoms with Gasteiger partial charge in [0, 0.05) is 12.0 Å². The fourth-order valence-electron chi connectivity index (χ4n) is 2.28. The fourth-order valence-corrected chi connectivity index (χ4v) is 2.28. The number of carbonyl (C=O) groups excluding carboxylic acids is 2. The summed E-state index contributed by atoms with van der Waals surface area (Å²) in [7, 11) is 1.15. The number of ether oxygens (including phenoxy) is 1. The van der Waals surface area contributed by atoms with Crippen LogP contribution in [-0.2, 0) is 22.1 Å². The predicted octanol–water partition coefficient (Wildman–Crippen LogP) is 3.22. The van der Waals surface area contributed by atoms with E-state index in [1.165, 1.54) is 12.1 Å². The molecular formula is C18H16F3NO3. The molecule has 0 unspecified atom stereocenters. The highest BCUT2D eigenvalue weighted by atomic mass is 19.4. The van der Waals surface area contributed by atoms with Crippen molar-refractivity contribution in [1.82, 2.24) is 5.32 Å². The molecule has 1 N–H and O–H groups in total. The first kappa shape index (κ1) is 18.5. The van der Waals surface area contributed by atoms with Crippen molar-refractivity contribution in [2.45, 2.75) is 18.6 Å². The van der Waals surface area contributed by atoms with Crippen molar-refractivity contribution in [2.24, 2.45) is 0 Å². The van der Waals surface area contributed by atoms with Gasteiger partial charge in [-0.05, 0) is 23.8 Å². The van der Waals surface area contributed by atoms with E-state index in [0.29, 0.717) is 5.56 Å². The average Bonchev–Trinajstić information content (AvgIpc) is 2.60. The summed E-state index contributed by atoms with van der Waals surface area (Å²) in [6.07, 6.45) is -4.60. The number of alkyl halides is 3. The lowest BCUT2D eigenvalue weighted by Crippen LogP contribution is -2.43. The molecule has 2 aromatic carbocycles. The van der Waals surface area contributed by atoms with Crippen LogP contribution in [0.3, 0.4) is 0 Å². The number of rotatable bonds is 5. The van der Waals surface area contributed by atoms with Crippen molar-refractivity contribution >= 4 is 11.9 Å². The lowest BCUT2D eigenvalue weighted by atomic mass is 10.0. The number of carbonyl (C=O) groups is 2. The number of hydrogen-bond acceptors (Lipinski definition) is 3. The van der Waals surface area contributed by atoms with Gasteiger partial charge < -0.3 is 10.1 Å². The summed E-state index contributed by atoms with van der Waals surface area (Å²) in [6.45, 7) is 0. The normalized spacial score (nSPS) is 12.3. The molecule has 0 saturated heterocycles. The third kappa shape index (κ3) is 5.07. The Balaban J connectivity index is 2.19. The number of nitrogens with one attached hydrogen (secondary N) is 1. The maximum Gasteiger partial charge on any atom is 0.416 e. The first-order valence-corrected chi connectivity index (χ1v) is 7.41. The van der Waals surface area contributed by atoms with Gasteiger partial charge in [0.05, 0.1) is 12.7 Å². The van der Waals surface area contributed by atoms with Crippen molar-refractivity contribution in [3.63, 3.8) is 0 Å². The largest absolute Gasteiger partial charge is 0.467 e. The minimum absolute atomic E-state index is 0.116. The van der Waals surface area contributed by atoms with Crippen molar-refractivity contribution in [2.75, 3.05) is 7.11 Å². The average molecular weight is 351 g/mol. The first-order valence-electron chi connectivity index (χ1n) is 7.41. The van der Waals surface area contributed by atoms with Crippen LogP contribution in [0.2, 0.25) is 0 Å². The van der Waals surface area contributed by atoms with Crippen LogP contribution < -0.4 is 5.32 Å². The molecule has 2 rings (SSSR count). The molecule has 0 aliphatic carbocycles. The predicted molar refractivity (Wildman–Crippen MR) is 84.9 cm³/mol. The number of hydrogen-bond donors (Lipinski definition) is 1. The maximum absolute atomic E-state index is 12.8. The van der Waals surface area contributed by atoms with Crippen molar-refractivity contribution in [3.8, 4) is 0 Å². The molecule has 2 aromatic rings. The molecule has 0 radical (unpaired) electrons. The van der Waals surface area contributed by atoms with Crippen molar-refractivity contribution in [1.29, 1.82) is 0 Å². The quantitative estimate of drug-likeness (QED) is 0.842. The molecule has 0 fully saturated rings. The summed E-state index contributed by atoms with van der Waals surface area (Å²) in [5, 5.41) is 2.50. The Hall–Kier alpha value is -2.83. The summed E-state index contributed by atoms with van der Waals surface area (Å²) in [5.74, 6) is -1.25. The van der Waals surface area contributed by atoms with Crippen LogP contribution in [0.1, 0.15) is 21.5 Å². The summed E-state index contributed by atoms with van der Waals surface area (Å²) in [6, 6.07) is 11.7. The SMILES string of the molecule is COC(=O)[C@H](Cc1cccc(C(F)(F)F)c1)NC(=O)c1ccccc1. The van der Waals surface area contributed by atoms with E-state index < -0.39 is 29.7 Å². The van der Waals surface area contributed by atoms with E-state index >= 15 is 0 Å². The second kappa shape index (κ2) is 7.83. The van der Waals surface area contributed by atoms with Gasteiger partial charge in [0.2, 0.25) is 0 Å². The van der Waals surface area contributed by atoms with Crippen LogP contribution >= 0.6 is 0 Å². The molecule has 0 aliphatic heterocycles. The Morgan fingerprint density at radius 2 is 1.76 bits per heavy atom. The monoisotopic (exact) mass is 351 g/mol. The van der Waals surface area contributed by atoms with Gasteiger partial charge >= 0.3 is 12.1 Å². The van der Waals surface area contributed by atoms with Crippen LogP contribution in [-0.4, -0.2) is 25.0 Å². The van der Waals surface area contributed by atoms with Crippen LogP contribution in [0.5, 0.6) is 0 Å². The van der Waals surface area contributed by atoms with Gasteiger partial charge in [0.15, 0.2) is 0 Å². The lowest BCUT2D eigenvalue weighted by Gasteiger charge is -2.17. The maximum atomic E-state index is 12.8. The number of benzene rings is 2. The van der Waals surface area contributed by atoms with E-state index in [-0.39, 0.29) is 12.0 Å². The van der Waals surface area contributed by atoms with Gasteiger partial charge in [-0.2, -0.15) is 13.2 Å². The number of amides is 1. The van der Waals surface area contributed by atoms with Gasteiger partial charge in [-0.25, -0.2) is 4.79 Å². The molecular weight excluding hydrogens is 335 g/mol. The van der Waals surface area contributed by atoms with Crippen molar-refractivity contribution < 1.29 is 27.5 Å². The second-order valence-electron chi connectivity index (χ2n) is 5.32. The van der Waals surface area contributed by atoms with Crippen molar-refractivity contribution in [3.05, 3.63) is 71.3 Å². The Kier molecular flexibility index (Phi) is 5.80. The molecule has 25 heavy (non-hydrogen) atoms. The van der Waals surface area contributed by atoms with Crippen LogP contribution in [0.25, 0.3) is 0 Å². The zero-order valence-electron chi connectivity index (χ0n) is 13.3. The Morgan fingerprint density at radius 1 is 1.08 bits per heavy atom.